The molecule has 2 heterocycles. The van der Waals surface area contributed by atoms with Crippen LogP contribution in [0.15, 0.2) is 23.0 Å². The molecule has 2 aromatic heterocycles. The van der Waals surface area contributed by atoms with Crippen LogP contribution in [-0.2, 0) is 6.42 Å². The maximum absolute atomic E-state index is 11.9. The summed E-state index contributed by atoms with van der Waals surface area (Å²) in [4.78, 5) is 12.6. The Balaban J connectivity index is 2.29. The number of nitrogens with zero attached hydrogens (tertiary/aromatic N) is 2. The van der Waals surface area contributed by atoms with Gasteiger partial charge >= 0.3 is 0 Å². The number of aryl methyl sites for hydroxylation is 1. The minimum atomic E-state index is -0.0535. The topological polar surface area (TPSA) is 56.0 Å². The number of rotatable bonds is 4. The molecule has 0 unspecified atom stereocenters. The lowest BCUT2D eigenvalue weighted by Crippen LogP contribution is -2.01. The van der Waals surface area contributed by atoms with E-state index < -0.39 is 0 Å². The van der Waals surface area contributed by atoms with Crippen LogP contribution in [0.5, 0.6) is 0 Å². The number of carbonyl (C=O) groups is 1. The summed E-state index contributed by atoms with van der Waals surface area (Å²) in [7, 11) is 0. The second-order valence-corrected chi connectivity index (χ2v) is 3.89. The Kier molecular flexibility index (Phi) is 2.91. The van der Waals surface area contributed by atoms with Gasteiger partial charge in [0.15, 0.2) is 0 Å². The Morgan fingerprint density at radius 3 is 3.13 bits per heavy atom. The third-order valence-corrected chi connectivity index (χ3v) is 2.80. The standard InChI is InChI=1S/C10H10N2O2S/c1-2-3-8-10(15-12-11-8)9(13)7-4-5-14-6-7/h4-6H,2-3H2,1H3. The molecule has 15 heavy (non-hydrogen) atoms. The van der Waals surface area contributed by atoms with E-state index in [1.165, 1.54) is 12.5 Å². The minimum Gasteiger partial charge on any atom is -0.472 e. The molecule has 0 fully saturated rings. The van der Waals surface area contributed by atoms with Crippen molar-refractivity contribution in [3.05, 3.63) is 34.7 Å². The second-order valence-electron chi connectivity index (χ2n) is 3.14. The lowest BCUT2D eigenvalue weighted by atomic mass is 10.1. The van der Waals surface area contributed by atoms with Crippen molar-refractivity contribution < 1.29 is 9.21 Å². The van der Waals surface area contributed by atoms with Crippen LogP contribution in [0.1, 0.15) is 34.3 Å². The Morgan fingerprint density at radius 2 is 2.47 bits per heavy atom. The van der Waals surface area contributed by atoms with Gasteiger partial charge in [-0.25, -0.2) is 0 Å². The molecule has 0 radical (unpaired) electrons. The van der Waals surface area contributed by atoms with Gasteiger partial charge in [0.1, 0.15) is 11.1 Å². The molecule has 4 nitrogen and oxygen atoms in total. The lowest BCUT2D eigenvalue weighted by Gasteiger charge is -1.95. The van der Waals surface area contributed by atoms with Crippen LogP contribution < -0.4 is 0 Å². The van der Waals surface area contributed by atoms with E-state index in [9.17, 15) is 4.79 Å². The third kappa shape index (κ3) is 1.97. The zero-order valence-corrected chi connectivity index (χ0v) is 9.08. The van der Waals surface area contributed by atoms with E-state index in [2.05, 4.69) is 9.59 Å². The third-order valence-electron chi connectivity index (χ3n) is 2.03. The summed E-state index contributed by atoms with van der Waals surface area (Å²) in [6.07, 6.45) is 4.67. The summed E-state index contributed by atoms with van der Waals surface area (Å²) >= 11 is 1.14. The smallest absolute Gasteiger partial charge is 0.209 e. The number of furan rings is 1. The maximum Gasteiger partial charge on any atom is 0.209 e. The number of aromatic nitrogens is 2. The Hall–Kier alpha value is -1.49. The summed E-state index contributed by atoms with van der Waals surface area (Å²) in [5.74, 6) is -0.0535. The molecule has 0 spiro atoms. The van der Waals surface area contributed by atoms with E-state index in [1.807, 2.05) is 6.92 Å². The fourth-order valence-electron chi connectivity index (χ4n) is 1.31. The van der Waals surface area contributed by atoms with Crippen LogP contribution in [0.4, 0.5) is 0 Å². The van der Waals surface area contributed by atoms with Gasteiger partial charge in [-0.2, -0.15) is 0 Å². The van der Waals surface area contributed by atoms with E-state index in [4.69, 9.17) is 4.42 Å². The van der Waals surface area contributed by atoms with Crippen molar-refractivity contribution in [2.75, 3.05) is 0 Å². The number of hydrogen-bond donors (Lipinski definition) is 0. The van der Waals surface area contributed by atoms with E-state index in [0.717, 1.165) is 30.1 Å². The molecule has 0 N–H and O–H groups in total. The Bertz CT molecular complexity index is 448. The normalized spacial score (nSPS) is 10.5. The van der Waals surface area contributed by atoms with Gasteiger partial charge in [0, 0.05) is 0 Å². The fraction of sp³-hybridized carbons (Fsp3) is 0.300. The van der Waals surface area contributed by atoms with Gasteiger partial charge in [-0.05, 0) is 24.0 Å². The number of ketones is 1. The van der Waals surface area contributed by atoms with Crippen LogP contribution in [0, 0.1) is 0 Å². The predicted octanol–water partition coefficient (Wildman–Crippen LogP) is 2.31. The molecular formula is C10H10N2O2S. The largest absolute Gasteiger partial charge is 0.472 e. The van der Waals surface area contributed by atoms with Crippen molar-refractivity contribution in [1.29, 1.82) is 0 Å². The molecular weight excluding hydrogens is 212 g/mol. The Labute approximate surface area is 91.1 Å². The van der Waals surface area contributed by atoms with Crippen molar-refractivity contribution in [2.45, 2.75) is 19.8 Å². The summed E-state index contributed by atoms with van der Waals surface area (Å²) in [6.45, 7) is 2.05. The van der Waals surface area contributed by atoms with Crippen LogP contribution in [0.3, 0.4) is 0 Å². The summed E-state index contributed by atoms with van der Waals surface area (Å²) < 4.78 is 8.69. The number of carbonyl (C=O) groups excluding carboxylic acids is 1. The number of hydrogen-bond acceptors (Lipinski definition) is 5. The Morgan fingerprint density at radius 1 is 1.60 bits per heavy atom. The molecule has 0 aliphatic heterocycles. The van der Waals surface area contributed by atoms with Gasteiger partial charge in [-0.3, -0.25) is 4.79 Å². The monoisotopic (exact) mass is 222 g/mol. The highest BCUT2D eigenvalue weighted by Crippen LogP contribution is 2.17. The van der Waals surface area contributed by atoms with Crippen molar-refractivity contribution in [3.63, 3.8) is 0 Å². The van der Waals surface area contributed by atoms with Crippen molar-refractivity contribution in [1.82, 2.24) is 9.59 Å². The molecule has 0 aliphatic carbocycles. The first kappa shape index (κ1) is 10.0. The lowest BCUT2D eigenvalue weighted by molar-refractivity contribution is 0.104. The van der Waals surface area contributed by atoms with Gasteiger partial charge in [0.2, 0.25) is 5.78 Å². The van der Waals surface area contributed by atoms with Gasteiger partial charge in [0.05, 0.1) is 17.5 Å². The molecule has 0 amide bonds. The van der Waals surface area contributed by atoms with E-state index in [1.54, 1.807) is 6.07 Å². The van der Waals surface area contributed by atoms with E-state index in [0.29, 0.717) is 10.4 Å². The van der Waals surface area contributed by atoms with Crippen LogP contribution in [-0.4, -0.2) is 15.4 Å². The molecule has 0 saturated heterocycles. The van der Waals surface area contributed by atoms with E-state index >= 15 is 0 Å². The van der Waals surface area contributed by atoms with Gasteiger partial charge < -0.3 is 4.42 Å². The highest BCUT2D eigenvalue weighted by atomic mass is 32.1. The summed E-state index contributed by atoms with van der Waals surface area (Å²) in [5.41, 5.74) is 1.34. The molecule has 2 rings (SSSR count). The first-order valence-electron chi connectivity index (χ1n) is 4.71. The molecule has 0 aliphatic rings. The zero-order valence-electron chi connectivity index (χ0n) is 8.27. The van der Waals surface area contributed by atoms with Crippen molar-refractivity contribution in [2.24, 2.45) is 0 Å². The van der Waals surface area contributed by atoms with Gasteiger partial charge in [-0.15, -0.1) is 5.10 Å². The van der Waals surface area contributed by atoms with Gasteiger partial charge in [0.25, 0.3) is 0 Å². The molecule has 0 saturated carbocycles. The molecule has 5 heteroatoms. The average Bonchev–Trinajstić information content (AvgIpc) is 2.87. The molecule has 0 bridgehead atoms. The van der Waals surface area contributed by atoms with Crippen LogP contribution >= 0.6 is 11.5 Å². The van der Waals surface area contributed by atoms with Crippen molar-refractivity contribution >= 4 is 17.3 Å². The molecule has 2 aromatic rings. The minimum absolute atomic E-state index is 0.0535. The quantitative estimate of drug-likeness (QED) is 0.745. The molecule has 0 atom stereocenters. The van der Waals surface area contributed by atoms with E-state index in [-0.39, 0.29) is 5.78 Å². The maximum atomic E-state index is 11.9. The fourth-order valence-corrected chi connectivity index (χ4v) is 1.98. The van der Waals surface area contributed by atoms with Crippen LogP contribution in [0.2, 0.25) is 0 Å². The highest BCUT2D eigenvalue weighted by molar-refractivity contribution is 7.08. The first-order valence-corrected chi connectivity index (χ1v) is 5.48. The molecule has 0 aromatic carbocycles. The predicted molar refractivity (Wildman–Crippen MR) is 56.0 cm³/mol. The first-order chi connectivity index (χ1) is 7.33. The zero-order chi connectivity index (χ0) is 10.7. The second kappa shape index (κ2) is 4.35. The average molecular weight is 222 g/mol. The van der Waals surface area contributed by atoms with Crippen LogP contribution in [0.25, 0.3) is 0 Å². The van der Waals surface area contributed by atoms with Crippen molar-refractivity contribution in [3.8, 4) is 0 Å². The van der Waals surface area contributed by atoms with Gasteiger partial charge in [-0.1, -0.05) is 17.8 Å². The highest BCUT2D eigenvalue weighted by Gasteiger charge is 2.17. The summed E-state index contributed by atoms with van der Waals surface area (Å²) in [6, 6.07) is 1.65. The summed E-state index contributed by atoms with van der Waals surface area (Å²) in [5, 5.41) is 3.95. The molecule has 78 valence electrons. The SMILES string of the molecule is CCCc1nnsc1C(=O)c1ccoc1.